The Morgan fingerprint density at radius 2 is 2.18 bits per heavy atom. The number of piperidine rings is 1. The molecule has 2 heterocycles. The van der Waals surface area contributed by atoms with Crippen molar-refractivity contribution in [3.63, 3.8) is 0 Å². The van der Waals surface area contributed by atoms with Crippen molar-refractivity contribution < 1.29 is 9.59 Å². The fraction of sp³-hybridized carbons (Fsp3) is 0.625. The maximum absolute atomic E-state index is 12.5. The lowest BCUT2D eigenvalue weighted by atomic mass is 9.93. The molecule has 0 bridgehead atoms. The Balaban J connectivity index is 1.49. The highest BCUT2D eigenvalue weighted by Crippen LogP contribution is 2.27. The van der Waals surface area contributed by atoms with Crippen LogP contribution in [0.2, 0.25) is 5.02 Å². The number of rotatable bonds is 5. The van der Waals surface area contributed by atoms with Crippen LogP contribution in [0.3, 0.4) is 0 Å². The summed E-state index contributed by atoms with van der Waals surface area (Å²) >= 11 is 7.45. The van der Waals surface area contributed by atoms with E-state index < -0.39 is 0 Å². The Kier molecular flexibility index (Phi) is 5.03. The number of carbonyl (C=O) groups excluding carboxylic acids is 2. The molecule has 3 rings (SSSR count). The molecule has 120 valence electrons. The molecule has 1 saturated heterocycles. The smallest absolute Gasteiger partial charge is 0.265 e. The standard InChI is InChI=1S/C16H21ClN2O2S/c17-13-7-9-22-15(13)16(21)19-8-1-2-11(10-19)3-6-14(20)18-12-4-5-12/h7,9,11-12H,1-6,8,10H2,(H,18,20)/t11-/m1/s1. The summed E-state index contributed by atoms with van der Waals surface area (Å²) < 4.78 is 0. The van der Waals surface area contributed by atoms with Gasteiger partial charge in [-0.05, 0) is 49.5 Å². The molecule has 2 aliphatic rings. The highest BCUT2D eigenvalue weighted by molar-refractivity contribution is 7.12. The molecule has 1 saturated carbocycles. The van der Waals surface area contributed by atoms with Gasteiger partial charge in [-0.1, -0.05) is 11.6 Å². The van der Waals surface area contributed by atoms with Crippen molar-refractivity contribution in [1.82, 2.24) is 10.2 Å². The molecule has 1 aliphatic heterocycles. The molecular weight excluding hydrogens is 320 g/mol. The van der Waals surface area contributed by atoms with E-state index in [0.717, 1.165) is 45.2 Å². The lowest BCUT2D eigenvalue weighted by Crippen LogP contribution is -2.40. The summed E-state index contributed by atoms with van der Waals surface area (Å²) in [5.74, 6) is 0.612. The molecule has 4 nitrogen and oxygen atoms in total. The predicted octanol–water partition coefficient (Wildman–Crippen LogP) is 3.31. The van der Waals surface area contributed by atoms with E-state index in [9.17, 15) is 9.59 Å². The third-order valence-corrected chi connectivity index (χ3v) is 5.67. The second-order valence-corrected chi connectivity index (χ2v) is 7.56. The molecule has 22 heavy (non-hydrogen) atoms. The van der Waals surface area contributed by atoms with E-state index in [1.54, 1.807) is 6.07 Å². The van der Waals surface area contributed by atoms with Crippen LogP contribution in [0.25, 0.3) is 0 Å². The molecule has 0 radical (unpaired) electrons. The normalized spacial score (nSPS) is 21.7. The maximum Gasteiger partial charge on any atom is 0.265 e. The molecule has 0 unspecified atom stereocenters. The van der Waals surface area contributed by atoms with Crippen molar-refractivity contribution in [2.24, 2.45) is 5.92 Å². The highest BCUT2D eigenvalue weighted by Gasteiger charge is 2.27. The first kappa shape index (κ1) is 15.8. The van der Waals surface area contributed by atoms with Gasteiger partial charge in [0.1, 0.15) is 4.88 Å². The molecule has 2 fully saturated rings. The van der Waals surface area contributed by atoms with Crippen molar-refractivity contribution in [3.05, 3.63) is 21.3 Å². The number of hydrogen-bond donors (Lipinski definition) is 1. The molecule has 1 aliphatic carbocycles. The number of nitrogens with zero attached hydrogens (tertiary/aromatic N) is 1. The lowest BCUT2D eigenvalue weighted by Gasteiger charge is -2.32. The van der Waals surface area contributed by atoms with Crippen molar-refractivity contribution >= 4 is 34.8 Å². The second kappa shape index (κ2) is 7.01. The Morgan fingerprint density at radius 1 is 1.36 bits per heavy atom. The molecule has 2 amide bonds. The number of amides is 2. The average Bonchev–Trinajstić information content (AvgIpc) is 3.23. The molecule has 1 aromatic rings. The number of likely N-dealkylation sites (tertiary alicyclic amines) is 1. The SMILES string of the molecule is O=C(CC[C@H]1CCCN(C(=O)c2sccc2Cl)C1)NC1CC1. The quantitative estimate of drug-likeness (QED) is 0.894. The van der Waals surface area contributed by atoms with Crippen molar-refractivity contribution in [2.75, 3.05) is 13.1 Å². The highest BCUT2D eigenvalue weighted by atomic mass is 35.5. The van der Waals surface area contributed by atoms with Crippen molar-refractivity contribution in [1.29, 1.82) is 0 Å². The van der Waals surface area contributed by atoms with Gasteiger partial charge in [-0.15, -0.1) is 11.3 Å². The first-order valence-electron chi connectivity index (χ1n) is 7.95. The van der Waals surface area contributed by atoms with Crippen molar-refractivity contribution in [2.45, 2.75) is 44.6 Å². The van der Waals surface area contributed by atoms with Gasteiger partial charge >= 0.3 is 0 Å². The molecule has 1 aromatic heterocycles. The Hall–Kier alpha value is -1.07. The minimum atomic E-state index is 0.0344. The zero-order valence-corrected chi connectivity index (χ0v) is 14.1. The fourth-order valence-electron chi connectivity index (χ4n) is 2.94. The summed E-state index contributed by atoms with van der Waals surface area (Å²) in [5, 5.41) is 5.41. The number of carbonyl (C=O) groups is 2. The van der Waals surface area contributed by atoms with E-state index in [0.29, 0.717) is 28.3 Å². The minimum Gasteiger partial charge on any atom is -0.353 e. The van der Waals surface area contributed by atoms with Crippen LogP contribution in [0.1, 0.15) is 48.2 Å². The zero-order chi connectivity index (χ0) is 15.5. The Morgan fingerprint density at radius 3 is 2.86 bits per heavy atom. The van der Waals surface area contributed by atoms with Crippen LogP contribution < -0.4 is 5.32 Å². The van der Waals surface area contributed by atoms with E-state index >= 15 is 0 Å². The molecule has 0 spiro atoms. The first-order chi connectivity index (χ1) is 10.6. The number of thiophene rings is 1. The van der Waals surface area contributed by atoms with Gasteiger partial charge in [0, 0.05) is 25.6 Å². The fourth-order valence-corrected chi connectivity index (χ4v) is 4.04. The van der Waals surface area contributed by atoms with Gasteiger partial charge in [0.2, 0.25) is 5.91 Å². The third kappa shape index (κ3) is 4.02. The third-order valence-electron chi connectivity index (χ3n) is 4.34. The van der Waals surface area contributed by atoms with E-state index in [2.05, 4.69) is 5.32 Å². The van der Waals surface area contributed by atoms with Gasteiger partial charge in [-0.3, -0.25) is 9.59 Å². The molecule has 6 heteroatoms. The van der Waals surface area contributed by atoms with Crippen LogP contribution in [0, 0.1) is 5.92 Å². The summed E-state index contributed by atoms with van der Waals surface area (Å²) in [6.45, 7) is 1.53. The van der Waals surface area contributed by atoms with Crippen LogP contribution in [-0.2, 0) is 4.79 Å². The number of halogens is 1. The van der Waals surface area contributed by atoms with Crippen LogP contribution in [0.5, 0.6) is 0 Å². The summed E-state index contributed by atoms with van der Waals surface area (Å²) in [6.07, 6.45) is 5.78. The molecule has 0 aromatic carbocycles. The Labute approximate surface area is 139 Å². The Bertz CT molecular complexity index is 556. The van der Waals surface area contributed by atoms with E-state index in [1.807, 2.05) is 10.3 Å². The van der Waals surface area contributed by atoms with Crippen LogP contribution in [-0.4, -0.2) is 35.8 Å². The number of nitrogens with one attached hydrogen (secondary N) is 1. The van der Waals surface area contributed by atoms with E-state index in [4.69, 9.17) is 11.6 Å². The topological polar surface area (TPSA) is 49.4 Å². The summed E-state index contributed by atoms with van der Waals surface area (Å²) in [6, 6.07) is 2.20. The van der Waals surface area contributed by atoms with E-state index in [1.165, 1.54) is 11.3 Å². The average molecular weight is 341 g/mol. The number of hydrogen-bond acceptors (Lipinski definition) is 3. The van der Waals surface area contributed by atoms with Crippen LogP contribution in [0.4, 0.5) is 0 Å². The van der Waals surface area contributed by atoms with Gasteiger partial charge in [-0.2, -0.15) is 0 Å². The summed E-state index contributed by atoms with van der Waals surface area (Å²) in [7, 11) is 0. The molecule has 1 N–H and O–H groups in total. The predicted molar refractivity (Wildman–Crippen MR) is 88.4 cm³/mol. The van der Waals surface area contributed by atoms with Gasteiger partial charge in [0.15, 0.2) is 0 Å². The second-order valence-electron chi connectivity index (χ2n) is 6.24. The lowest BCUT2D eigenvalue weighted by molar-refractivity contribution is -0.121. The van der Waals surface area contributed by atoms with Gasteiger partial charge in [0.05, 0.1) is 5.02 Å². The molecule has 1 atom stereocenters. The van der Waals surface area contributed by atoms with Gasteiger partial charge in [0.25, 0.3) is 5.91 Å². The largest absolute Gasteiger partial charge is 0.353 e. The monoisotopic (exact) mass is 340 g/mol. The zero-order valence-electron chi connectivity index (χ0n) is 12.5. The minimum absolute atomic E-state index is 0.0344. The van der Waals surface area contributed by atoms with Crippen LogP contribution in [0.15, 0.2) is 11.4 Å². The van der Waals surface area contributed by atoms with Gasteiger partial charge < -0.3 is 10.2 Å². The maximum atomic E-state index is 12.5. The van der Waals surface area contributed by atoms with Crippen LogP contribution >= 0.6 is 22.9 Å². The first-order valence-corrected chi connectivity index (χ1v) is 9.21. The van der Waals surface area contributed by atoms with Gasteiger partial charge in [-0.25, -0.2) is 0 Å². The summed E-state index contributed by atoms with van der Waals surface area (Å²) in [5.41, 5.74) is 0. The van der Waals surface area contributed by atoms with E-state index in [-0.39, 0.29) is 11.8 Å². The summed E-state index contributed by atoms with van der Waals surface area (Å²) in [4.78, 5) is 26.8. The van der Waals surface area contributed by atoms with Crippen molar-refractivity contribution in [3.8, 4) is 0 Å². The molecular formula is C16H21ClN2O2S.